The number of nitrogens with zero attached hydrogens (tertiary/aromatic N) is 1. The number of hydrogen-bond acceptors (Lipinski definition) is 1. The Morgan fingerprint density at radius 2 is 1.67 bits per heavy atom. The Balaban J connectivity index is 1.97. The number of rotatable bonds is 2. The molecule has 5 aromatic rings. The van der Waals surface area contributed by atoms with Crippen molar-refractivity contribution in [2.24, 2.45) is 0 Å². The summed E-state index contributed by atoms with van der Waals surface area (Å²) < 4.78 is 0. The van der Waals surface area contributed by atoms with Crippen LogP contribution in [0.5, 0.6) is 0 Å². The van der Waals surface area contributed by atoms with Crippen LogP contribution in [0, 0.1) is 19.3 Å². The smallest absolute Gasteiger partial charge is 0.0800 e. The SMILES string of the molecule is C#Cc1ccc2c(-c3ccc4ccccc4c3)c3ccc(C)cc3nc2c1/C=C\C. The lowest BCUT2D eigenvalue weighted by atomic mass is 9.91. The largest absolute Gasteiger partial charge is 0.247 e. The minimum absolute atomic E-state index is 0.865. The molecule has 0 amide bonds. The predicted molar refractivity (Wildman–Crippen MR) is 130 cm³/mol. The van der Waals surface area contributed by atoms with Crippen LogP contribution in [-0.4, -0.2) is 4.98 Å². The van der Waals surface area contributed by atoms with Gasteiger partial charge in [-0.05, 0) is 53.9 Å². The van der Waals surface area contributed by atoms with E-state index in [4.69, 9.17) is 11.4 Å². The van der Waals surface area contributed by atoms with Crippen molar-refractivity contribution >= 4 is 38.7 Å². The van der Waals surface area contributed by atoms with E-state index in [1.54, 1.807) is 0 Å². The third-order valence-corrected chi connectivity index (χ3v) is 5.67. The standard InChI is InChI=1S/C29H21N/c1-4-8-24-20(5-2)14-16-26-28(23-13-12-21-9-6-7-10-22(21)18-23)25-15-11-19(3)17-27(25)30-29(24)26/h2,4,6-18H,1,3H3/b8-4-. The Morgan fingerprint density at radius 3 is 2.47 bits per heavy atom. The van der Waals surface area contributed by atoms with Crippen molar-refractivity contribution in [2.45, 2.75) is 13.8 Å². The van der Waals surface area contributed by atoms with Crippen LogP contribution >= 0.6 is 0 Å². The van der Waals surface area contributed by atoms with E-state index in [0.29, 0.717) is 0 Å². The van der Waals surface area contributed by atoms with Gasteiger partial charge >= 0.3 is 0 Å². The van der Waals surface area contributed by atoms with Gasteiger partial charge in [-0.1, -0.05) is 72.7 Å². The van der Waals surface area contributed by atoms with Crippen LogP contribution < -0.4 is 0 Å². The number of aryl methyl sites for hydroxylation is 1. The highest BCUT2D eigenvalue weighted by molar-refractivity contribution is 6.12. The van der Waals surface area contributed by atoms with Crippen molar-refractivity contribution in [1.29, 1.82) is 0 Å². The fourth-order valence-electron chi connectivity index (χ4n) is 4.26. The molecule has 1 heteroatoms. The lowest BCUT2D eigenvalue weighted by molar-refractivity contribution is 1.43. The van der Waals surface area contributed by atoms with E-state index in [1.165, 1.54) is 27.5 Å². The van der Waals surface area contributed by atoms with Gasteiger partial charge in [0.1, 0.15) is 0 Å². The Bertz CT molecular complexity index is 1510. The molecule has 1 aromatic heterocycles. The number of hydrogen-bond donors (Lipinski definition) is 0. The van der Waals surface area contributed by atoms with Crippen molar-refractivity contribution < 1.29 is 0 Å². The Kier molecular flexibility index (Phi) is 4.34. The number of fused-ring (bicyclic) bond motifs is 3. The van der Waals surface area contributed by atoms with Gasteiger partial charge in [-0.25, -0.2) is 4.98 Å². The molecule has 0 saturated carbocycles. The summed E-state index contributed by atoms with van der Waals surface area (Å²) in [6.45, 7) is 4.11. The first-order chi connectivity index (χ1) is 14.7. The highest BCUT2D eigenvalue weighted by Gasteiger charge is 2.15. The third-order valence-electron chi connectivity index (χ3n) is 5.67. The van der Waals surface area contributed by atoms with Crippen LogP contribution in [0.15, 0.2) is 78.9 Å². The zero-order valence-corrected chi connectivity index (χ0v) is 17.1. The maximum absolute atomic E-state index is 5.81. The topological polar surface area (TPSA) is 12.9 Å². The van der Waals surface area contributed by atoms with E-state index in [0.717, 1.165) is 32.9 Å². The fraction of sp³-hybridized carbons (Fsp3) is 0.0690. The first-order valence-electron chi connectivity index (χ1n) is 10.1. The molecule has 0 saturated heterocycles. The number of benzene rings is 4. The van der Waals surface area contributed by atoms with Crippen molar-refractivity contribution in [1.82, 2.24) is 4.98 Å². The molecule has 1 heterocycles. The first-order valence-corrected chi connectivity index (χ1v) is 10.1. The Labute approximate surface area is 176 Å². The van der Waals surface area contributed by atoms with Crippen molar-refractivity contribution in [2.75, 3.05) is 0 Å². The first kappa shape index (κ1) is 18.2. The lowest BCUT2D eigenvalue weighted by Crippen LogP contribution is -1.94. The molecule has 5 rings (SSSR count). The summed E-state index contributed by atoms with van der Waals surface area (Å²) in [6, 6.07) is 25.8. The minimum Gasteiger partial charge on any atom is -0.247 e. The summed E-state index contributed by atoms with van der Waals surface area (Å²) >= 11 is 0. The zero-order valence-electron chi connectivity index (χ0n) is 17.1. The number of terminal acetylenes is 1. The quantitative estimate of drug-likeness (QED) is 0.227. The second-order valence-corrected chi connectivity index (χ2v) is 7.64. The van der Waals surface area contributed by atoms with Crippen molar-refractivity contribution in [3.63, 3.8) is 0 Å². The second kappa shape index (κ2) is 7.17. The molecule has 0 N–H and O–H groups in total. The van der Waals surface area contributed by atoms with Crippen LogP contribution in [-0.2, 0) is 0 Å². The van der Waals surface area contributed by atoms with Crippen LogP contribution in [0.4, 0.5) is 0 Å². The van der Waals surface area contributed by atoms with Crippen LogP contribution in [0.25, 0.3) is 49.8 Å². The maximum Gasteiger partial charge on any atom is 0.0800 e. The fourth-order valence-corrected chi connectivity index (χ4v) is 4.26. The highest BCUT2D eigenvalue weighted by Crippen LogP contribution is 2.38. The van der Waals surface area contributed by atoms with Gasteiger partial charge in [0, 0.05) is 27.5 Å². The molecule has 0 bridgehead atoms. The number of pyridine rings is 1. The highest BCUT2D eigenvalue weighted by atomic mass is 14.7. The molecule has 4 aromatic carbocycles. The van der Waals surface area contributed by atoms with Crippen molar-refractivity contribution in [3.05, 3.63) is 95.6 Å². The molecule has 142 valence electrons. The van der Waals surface area contributed by atoms with Gasteiger partial charge in [-0.2, -0.15) is 0 Å². The summed E-state index contributed by atoms with van der Waals surface area (Å²) in [5.74, 6) is 2.82. The molecule has 0 radical (unpaired) electrons. The van der Waals surface area contributed by atoms with Gasteiger partial charge in [0.2, 0.25) is 0 Å². The van der Waals surface area contributed by atoms with E-state index in [9.17, 15) is 0 Å². The lowest BCUT2D eigenvalue weighted by Gasteiger charge is -2.15. The maximum atomic E-state index is 5.81. The number of allylic oxidation sites excluding steroid dienone is 1. The van der Waals surface area contributed by atoms with E-state index in [2.05, 4.69) is 85.7 Å². The van der Waals surface area contributed by atoms with Gasteiger partial charge in [0.05, 0.1) is 11.0 Å². The normalized spacial score (nSPS) is 11.5. The van der Waals surface area contributed by atoms with Gasteiger partial charge < -0.3 is 0 Å². The molecule has 0 unspecified atom stereocenters. The van der Waals surface area contributed by atoms with Gasteiger partial charge in [-0.15, -0.1) is 6.42 Å². The molecule has 0 aliphatic heterocycles. The van der Waals surface area contributed by atoms with Crippen LogP contribution in [0.1, 0.15) is 23.6 Å². The Morgan fingerprint density at radius 1 is 0.867 bits per heavy atom. The molecule has 0 spiro atoms. The van der Waals surface area contributed by atoms with Gasteiger partial charge in [0.15, 0.2) is 0 Å². The summed E-state index contributed by atoms with van der Waals surface area (Å²) in [4.78, 5) is 5.07. The zero-order chi connectivity index (χ0) is 20.7. The predicted octanol–water partition coefficient (Wildman–Crippen LogP) is 7.53. The summed E-state index contributed by atoms with van der Waals surface area (Å²) in [6.07, 6.45) is 9.90. The van der Waals surface area contributed by atoms with Crippen molar-refractivity contribution in [3.8, 4) is 23.5 Å². The number of aromatic nitrogens is 1. The molecular weight excluding hydrogens is 362 g/mol. The van der Waals surface area contributed by atoms with E-state index in [-0.39, 0.29) is 0 Å². The molecule has 1 nitrogen and oxygen atoms in total. The molecule has 0 fully saturated rings. The van der Waals surface area contributed by atoms with Gasteiger partial charge in [0.25, 0.3) is 0 Å². The van der Waals surface area contributed by atoms with Crippen LogP contribution in [0.3, 0.4) is 0 Å². The molecule has 0 aliphatic carbocycles. The molecule has 0 atom stereocenters. The van der Waals surface area contributed by atoms with Crippen LogP contribution in [0.2, 0.25) is 0 Å². The van der Waals surface area contributed by atoms with Gasteiger partial charge in [-0.3, -0.25) is 0 Å². The molecule has 0 aliphatic rings. The average Bonchev–Trinajstić information content (AvgIpc) is 2.77. The van der Waals surface area contributed by atoms with E-state index >= 15 is 0 Å². The second-order valence-electron chi connectivity index (χ2n) is 7.64. The minimum atomic E-state index is 0.865. The van der Waals surface area contributed by atoms with E-state index < -0.39 is 0 Å². The average molecular weight is 383 g/mol. The summed E-state index contributed by atoms with van der Waals surface area (Å²) in [5, 5.41) is 4.75. The molecular formula is C29H21N. The molecule has 30 heavy (non-hydrogen) atoms. The summed E-state index contributed by atoms with van der Waals surface area (Å²) in [7, 11) is 0. The summed E-state index contributed by atoms with van der Waals surface area (Å²) in [5.41, 5.74) is 7.40. The Hall–Kier alpha value is -3.89. The monoisotopic (exact) mass is 383 g/mol. The van der Waals surface area contributed by atoms with E-state index in [1.807, 2.05) is 19.1 Å². The third kappa shape index (κ3) is 2.86.